The molecule has 2 amide bonds. The number of amides is 2. The standard InChI is InChI=1S/C24H27ClFN5O2/c1-13(2)22(32)27-11-14-9-10-16(25)18(19(14)26)23(33)30-17-8-6-7-15-20(17)28-12-29-21(15)31-24(3,4)5/h6-10,12-13H,11H2,1-5H3,(H,27,32)(H,30,33)(H,28,29,31). The van der Waals surface area contributed by atoms with E-state index in [1.165, 1.54) is 18.5 Å². The van der Waals surface area contributed by atoms with Gasteiger partial charge in [-0.25, -0.2) is 14.4 Å². The first kappa shape index (κ1) is 24.4. The maximum absolute atomic E-state index is 15.2. The molecule has 0 saturated heterocycles. The van der Waals surface area contributed by atoms with Crippen LogP contribution in [-0.4, -0.2) is 27.3 Å². The van der Waals surface area contributed by atoms with Gasteiger partial charge in [0.25, 0.3) is 5.91 Å². The van der Waals surface area contributed by atoms with Gasteiger partial charge in [0.2, 0.25) is 5.91 Å². The van der Waals surface area contributed by atoms with Gasteiger partial charge in [-0.1, -0.05) is 37.6 Å². The van der Waals surface area contributed by atoms with Crippen LogP contribution < -0.4 is 16.0 Å². The second-order valence-electron chi connectivity index (χ2n) is 9.02. The summed E-state index contributed by atoms with van der Waals surface area (Å²) < 4.78 is 15.2. The van der Waals surface area contributed by atoms with Crippen LogP contribution in [0, 0.1) is 11.7 Å². The topological polar surface area (TPSA) is 96.0 Å². The molecule has 2 aromatic carbocycles. The zero-order valence-electron chi connectivity index (χ0n) is 19.2. The molecule has 1 heterocycles. The molecule has 0 spiro atoms. The molecule has 1 aromatic heterocycles. The SMILES string of the molecule is CC(C)C(=O)NCc1ccc(Cl)c(C(=O)Nc2cccc3c(NC(C)(C)C)ncnc23)c1F. The van der Waals surface area contributed by atoms with Gasteiger partial charge in [-0.2, -0.15) is 0 Å². The van der Waals surface area contributed by atoms with Crippen LogP contribution >= 0.6 is 11.6 Å². The van der Waals surface area contributed by atoms with E-state index < -0.39 is 11.7 Å². The highest BCUT2D eigenvalue weighted by atomic mass is 35.5. The molecule has 9 heteroatoms. The van der Waals surface area contributed by atoms with Crippen molar-refractivity contribution < 1.29 is 14.0 Å². The van der Waals surface area contributed by atoms with Crippen LogP contribution in [0.5, 0.6) is 0 Å². The van der Waals surface area contributed by atoms with E-state index in [1.54, 1.807) is 26.0 Å². The fourth-order valence-electron chi connectivity index (χ4n) is 3.15. The van der Waals surface area contributed by atoms with Gasteiger partial charge < -0.3 is 16.0 Å². The van der Waals surface area contributed by atoms with Gasteiger partial charge in [-0.05, 0) is 39.0 Å². The molecule has 0 fully saturated rings. The molecule has 0 unspecified atom stereocenters. The third-order valence-corrected chi connectivity index (χ3v) is 5.10. The number of hydrogen-bond donors (Lipinski definition) is 3. The number of halogens is 2. The lowest BCUT2D eigenvalue weighted by atomic mass is 10.1. The smallest absolute Gasteiger partial charge is 0.260 e. The molecular weight excluding hydrogens is 445 g/mol. The van der Waals surface area contributed by atoms with Crippen molar-refractivity contribution in [3.05, 3.63) is 58.6 Å². The van der Waals surface area contributed by atoms with Gasteiger partial charge in [-0.15, -0.1) is 0 Å². The Bertz CT molecular complexity index is 1210. The molecule has 174 valence electrons. The summed E-state index contributed by atoms with van der Waals surface area (Å²) in [5.74, 6) is -1.34. The summed E-state index contributed by atoms with van der Waals surface area (Å²) >= 11 is 6.17. The van der Waals surface area contributed by atoms with Crippen LogP contribution in [0.4, 0.5) is 15.9 Å². The third-order valence-electron chi connectivity index (χ3n) is 4.78. The maximum Gasteiger partial charge on any atom is 0.260 e. The first-order valence-electron chi connectivity index (χ1n) is 10.6. The van der Waals surface area contributed by atoms with Crippen molar-refractivity contribution >= 4 is 45.8 Å². The fraction of sp³-hybridized carbons (Fsp3) is 0.333. The number of nitrogens with zero attached hydrogens (tertiary/aromatic N) is 2. The van der Waals surface area contributed by atoms with E-state index in [2.05, 4.69) is 25.9 Å². The lowest BCUT2D eigenvalue weighted by Gasteiger charge is -2.22. The highest BCUT2D eigenvalue weighted by Gasteiger charge is 2.22. The minimum atomic E-state index is -0.783. The number of anilines is 2. The number of fused-ring (bicyclic) bond motifs is 1. The molecule has 0 aliphatic rings. The van der Waals surface area contributed by atoms with E-state index in [0.717, 1.165) is 0 Å². The molecule has 33 heavy (non-hydrogen) atoms. The van der Waals surface area contributed by atoms with Crippen LogP contribution in [0.1, 0.15) is 50.5 Å². The van der Waals surface area contributed by atoms with Crippen molar-refractivity contribution in [2.45, 2.75) is 46.7 Å². The van der Waals surface area contributed by atoms with E-state index in [1.807, 2.05) is 26.8 Å². The van der Waals surface area contributed by atoms with Crippen LogP contribution in [0.3, 0.4) is 0 Å². The second kappa shape index (κ2) is 9.70. The summed E-state index contributed by atoms with van der Waals surface area (Å²) in [6.45, 7) is 9.45. The van der Waals surface area contributed by atoms with E-state index in [0.29, 0.717) is 22.4 Å². The number of nitrogens with one attached hydrogen (secondary N) is 3. The molecule has 3 rings (SSSR count). The average molecular weight is 472 g/mol. The Morgan fingerprint density at radius 1 is 1.12 bits per heavy atom. The molecule has 0 radical (unpaired) electrons. The number of carbonyl (C=O) groups is 2. The average Bonchev–Trinajstić information content (AvgIpc) is 2.72. The quantitative estimate of drug-likeness (QED) is 0.461. The molecule has 0 bridgehead atoms. The first-order chi connectivity index (χ1) is 15.5. The fourth-order valence-corrected chi connectivity index (χ4v) is 3.39. The summed E-state index contributed by atoms with van der Waals surface area (Å²) in [4.78, 5) is 33.5. The Balaban J connectivity index is 1.92. The maximum atomic E-state index is 15.2. The van der Waals surface area contributed by atoms with Gasteiger partial charge in [-0.3, -0.25) is 9.59 Å². The lowest BCUT2D eigenvalue weighted by Crippen LogP contribution is -2.28. The van der Waals surface area contributed by atoms with E-state index >= 15 is 4.39 Å². The lowest BCUT2D eigenvalue weighted by molar-refractivity contribution is -0.124. The highest BCUT2D eigenvalue weighted by Crippen LogP contribution is 2.29. The molecule has 0 aliphatic heterocycles. The van der Waals surface area contributed by atoms with Gasteiger partial charge >= 0.3 is 0 Å². The summed E-state index contributed by atoms with van der Waals surface area (Å²) in [5.41, 5.74) is 0.528. The van der Waals surface area contributed by atoms with Crippen molar-refractivity contribution in [3.63, 3.8) is 0 Å². The summed E-state index contributed by atoms with van der Waals surface area (Å²) in [7, 11) is 0. The monoisotopic (exact) mass is 471 g/mol. The van der Waals surface area contributed by atoms with Crippen molar-refractivity contribution in [2.24, 2.45) is 5.92 Å². The Morgan fingerprint density at radius 2 is 1.85 bits per heavy atom. The zero-order valence-corrected chi connectivity index (χ0v) is 20.0. The minimum absolute atomic E-state index is 0.0334. The van der Waals surface area contributed by atoms with Crippen molar-refractivity contribution in [1.29, 1.82) is 0 Å². The molecule has 0 atom stereocenters. The van der Waals surface area contributed by atoms with Gasteiger partial charge in [0, 0.05) is 29.0 Å². The Labute approximate surface area is 197 Å². The third kappa shape index (κ3) is 5.76. The van der Waals surface area contributed by atoms with Crippen molar-refractivity contribution in [2.75, 3.05) is 10.6 Å². The predicted octanol–water partition coefficient (Wildman–Crippen LogP) is 5.16. The van der Waals surface area contributed by atoms with Gasteiger partial charge in [0.15, 0.2) is 0 Å². The summed E-state index contributed by atoms with van der Waals surface area (Å²) in [6.07, 6.45) is 1.40. The van der Waals surface area contributed by atoms with E-state index in [9.17, 15) is 9.59 Å². The normalized spacial score (nSPS) is 11.5. The van der Waals surface area contributed by atoms with Crippen LogP contribution in [0.2, 0.25) is 5.02 Å². The molecule has 3 aromatic rings. The molecular formula is C24H27ClFN5O2. The number of rotatable bonds is 6. The van der Waals surface area contributed by atoms with Crippen LogP contribution in [0.15, 0.2) is 36.7 Å². The number of aromatic nitrogens is 2. The van der Waals surface area contributed by atoms with Gasteiger partial charge in [0.05, 0.1) is 21.8 Å². The Hall–Kier alpha value is -3.26. The van der Waals surface area contributed by atoms with E-state index in [4.69, 9.17) is 11.6 Å². The first-order valence-corrected chi connectivity index (χ1v) is 10.9. The zero-order chi connectivity index (χ0) is 24.3. The van der Waals surface area contributed by atoms with Crippen molar-refractivity contribution in [1.82, 2.24) is 15.3 Å². The number of para-hydroxylation sites is 1. The molecule has 3 N–H and O–H groups in total. The summed E-state index contributed by atoms with van der Waals surface area (Å²) in [6, 6.07) is 8.15. The largest absolute Gasteiger partial charge is 0.365 e. The summed E-state index contributed by atoms with van der Waals surface area (Å²) in [5, 5.41) is 9.35. The Morgan fingerprint density at radius 3 is 2.52 bits per heavy atom. The highest BCUT2D eigenvalue weighted by molar-refractivity contribution is 6.34. The van der Waals surface area contributed by atoms with Crippen LogP contribution in [0.25, 0.3) is 10.9 Å². The minimum Gasteiger partial charge on any atom is -0.365 e. The van der Waals surface area contributed by atoms with E-state index in [-0.39, 0.29) is 40.1 Å². The second-order valence-corrected chi connectivity index (χ2v) is 9.43. The van der Waals surface area contributed by atoms with Crippen molar-refractivity contribution in [3.8, 4) is 0 Å². The Kier molecular flexibility index (Phi) is 7.17. The number of benzene rings is 2. The molecule has 0 saturated carbocycles. The molecule has 7 nitrogen and oxygen atoms in total. The van der Waals surface area contributed by atoms with Crippen LogP contribution in [-0.2, 0) is 11.3 Å². The predicted molar refractivity (Wildman–Crippen MR) is 129 cm³/mol. The number of carbonyl (C=O) groups excluding carboxylic acids is 2. The number of hydrogen-bond acceptors (Lipinski definition) is 5. The van der Waals surface area contributed by atoms with Gasteiger partial charge in [0.1, 0.15) is 18.0 Å². The molecule has 0 aliphatic carbocycles.